The van der Waals surface area contributed by atoms with Crippen LogP contribution in [0.2, 0.25) is 0 Å². The summed E-state index contributed by atoms with van der Waals surface area (Å²) in [6.07, 6.45) is 3.61. The van der Waals surface area contributed by atoms with Crippen molar-refractivity contribution in [1.29, 1.82) is 0 Å². The van der Waals surface area contributed by atoms with E-state index in [0.29, 0.717) is 10.2 Å². The molecule has 0 saturated carbocycles. The number of Topliss-reactive ketones (excluding diaryl/α,β-unsaturated/α-hetero) is 1. The Morgan fingerprint density at radius 3 is 2.94 bits per heavy atom. The number of ether oxygens (including phenoxy) is 1. The van der Waals surface area contributed by atoms with Crippen molar-refractivity contribution in [2.75, 3.05) is 19.7 Å². The van der Waals surface area contributed by atoms with Crippen molar-refractivity contribution in [2.24, 2.45) is 0 Å². The number of nitrogens with one attached hydrogen (secondary N) is 1. The normalized spacial score (nSPS) is 17.6. The van der Waals surface area contributed by atoms with Gasteiger partial charge in [-0.05, 0) is 47.9 Å². The van der Waals surface area contributed by atoms with Gasteiger partial charge in [0.2, 0.25) is 5.78 Å². The highest BCUT2D eigenvalue weighted by molar-refractivity contribution is 9.10. The summed E-state index contributed by atoms with van der Waals surface area (Å²) in [4.78, 5) is 11.7. The van der Waals surface area contributed by atoms with Crippen LogP contribution in [0.5, 0.6) is 0 Å². The minimum absolute atomic E-state index is 0.0940. The Hall–Kier alpha value is -0.650. The quantitative estimate of drug-likeness (QED) is 0.861. The van der Waals surface area contributed by atoms with Gasteiger partial charge in [-0.15, -0.1) is 0 Å². The molecule has 2 heterocycles. The van der Waals surface area contributed by atoms with Crippen LogP contribution in [0, 0.1) is 0 Å². The van der Waals surface area contributed by atoms with Crippen LogP contribution in [0.3, 0.4) is 0 Å². The highest BCUT2D eigenvalue weighted by Gasteiger charge is 2.18. The molecule has 0 bridgehead atoms. The SMILES string of the molecule is O=C(COC1CCNCC1)c1occc1Br. The molecule has 0 aromatic carbocycles. The lowest BCUT2D eigenvalue weighted by Gasteiger charge is -2.22. The van der Waals surface area contributed by atoms with Gasteiger partial charge in [-0.1, -0.05) is 0 Å². The predicted molar refractivity (Wildman–Crippen MR) is 62.6 cm³/mol. The maximum Gasteiger partial charge on any atom is 0.224 e. The monoisotopic (exact) mass is 287 g/mol. The van der Waals surface area contributed by atoms with Crippen LogP contribution in [0.4, 0.5) is 0 Å². The second-order valence-corrected chi connectivity index (χ2v) is 4.64. The maximum absolute atomic E-state index is 11.7. The smallest absolute Gasteiger partial charge is 0.224 e. The number of piperidine rings is 1. The molecule has 1 aliphatic rings. The Morgan fingerprint density at radius 1 is 1.56 bits per heavy atom. The number of carbonyl (C=O) groups excluding carboxylic acids is 1. The molecule has 2 rings (SSSR count). The zero-order chi connectivity index (χ0) is 11.4. The molecule has 0 atom stereocenters. The van der Waals surface area contributed by atoms with E-state index in [1.165, 1.54) is 6.26 Å². The second-order valence-electron chi connectivity index (χ2n) is 3.78. The van der Waals surface area contributed by atoms with Gasteiger partial charge in [0.05, 0.1) is 16.8 Å². The first-order chi connectivity index (χ1) is 7.77. The number of ketones is 1. The Labute approximate surface area is 102 Å². The van der Waals surface area contributed by atoms with E-state index in [1.807, 2.05) is 0 Å². The van der Waals surface area contributed by atoms with Crippen LogP contribution in [0.25, 0.3) is 0 Å². The Bertz CT molecular complexity index is 358. The Kier molecular flexibility index (Phi) is 4.15. The van der Waals surface area contributed by atoms with Crippen molar-refractivity contribution in [1.82, 2.24) is 5.32 Å². The fourth-order valence-electron chi connectivity index (χ4n) is 1.71. The topological polar surface area (TPSA) is 51.5 Å². The number of halogens is 1. The molecule has 1 fully saturated rings. The van der Waals surface area contributed by atoms with Gasteiger partial charge >= 0.3 is 0 Å². The van der Waals surface area contributed by atoms with Gasteiger partial charge in [-0.2, -0.15) is 0 Å². The summed E-state index contributed by atoms with van der Waals surface area (Å²) in [6, 6.07) is 1.71. The first-order valence-corrected chi connectivity index (χ1v) is 6.15. The van der Waals surface area contributed by atoms with Crippen LogP contribution in [0.1, 0.15) is 23.4 Å². The zero-order valence-corrected chi connectivity index (χ0v) is 10.5. The van der Waals surface area contributed by atoms with Gasteiger partial charge in [-0.25, -0.2) is 0 Å². The molecule has 1 aliphatic heterocycles. The fraction of sp³-hybridized carbons (Fsp3) is 0.545. The highest BCUT2D eigenvalue weighted by Crippen LogP contribution is 2.18. The van der Waals surface area contributed by atoms with E-state index >= 15 is 0 Å². The number of carbonyl (C=O) groups is 1. The molecule has 1 aromatic rings. The van der Waals surface area contributed by atoms with Crippen molar-refractivity contribution < 1.29 is 13.9 Å². The molecule has 4 nitrogen and oxygen atoms in total. The number of furan rings is 1. The summed E-state index contributed by atoms with van der Waals surface area (Å²) < 4.78 is 11.3. The third-order valence-corrected chi connectivity index (χ3v) is 3.23. The van der Waals surface area contributed by atoms with Crippen LogP contribution in [-0.4, -0.2) is 31.6 Å². The summed E-state index contributed by atoms with van der Waals surface area (Å²) in [6.45, 7) is 2.02. The van der Waals surface area contributed by atoms with Crippen molar-refractivity contribution in [3.63, 3.8) is 0 Å². The van der Waals surface area contributed by atoms with Crippen LogP contribution >= 0.6 is 15.9 Å². The number of hydrogen-bond acceptors (Lipinski definition) is 4. The zero-order valence-electron chi connectivity index (χ0n) is 8.87. The van der Waals surface area contributed by atoms with Crippen LogP contribution < -0.4 is 5.32 Å². The van der Waals surface area contributed by atoms with E-state index in [2.05, 4.69) is 21.2 Å². The molecule has 1 N–H and O–H groups in total. The van der Waals surface area contributed by atoms with E-state index in [4.69, 9.17) is 9.15 Å². The molecule has 0 aliphatic carbocycles. The summed E-state index contributed by atoms with van der Waals surface area (Å²) in [5.41, 5.74) is 0. The van der Waals surface area contributed by atoms with Gasteiger partial charge < -0.3 is 14.5 Å². The van der Waals surface area contributed by atoms with E-state index in [1.54, 1.807) is 6.07 Å². The molecule has 0 spiro atoms. The van der Waals surface area contributed by atoms with Crippen molar-refractivity contribution in [3.05, 3.63) is 22.6 Å². The molecule has 1 aromatic heterocycles. The average molecular weight is 288 g/mol. The molecule has 5 heteroatoms. The largest absolute Gasteiger partial charge is 0.460 e. The van der Waals surface area contributed by atoms with Crippen molar-refractivity contribution in [2.45, 2.75) is 18.9 Å². The summed E-state index contributed by atoms with van der Waals surface area (Å²) in [5, 5.41) is 3.25. The molecule has 0 unspecified atom stereocenters. The number of rotatable bonds is 4. The first kappa shape index (κ1) is 11.8. The van der Waals surface area contributed by atoms with E-state index in [-0.39, 0.29) is 18.5 Å². The predicted octanol–water partition coefficient (Wildman–Crippen LogP) is 1.99. The van der Waals surface area contributed by atoms with Crippen molar-refractivity contribution >= 4 is 21.7 Å². The van der Waals surface area contributed by atoms with E-state index in [9.17, 15) is 4.79 Å². The summed E-state index contributed by atoms with van der Waals surface area (Å²) in [5.74, 6) is 0.226. The van der Waals surface area contributed by atoms with E-state index < -0.39 is 0 Å². The summed E-state index contributed by atoms with van der Waals surface area (Å²) >= 11 is 3.25. The van der Waals surface area contributed by atoms with Crippen molar-refractivity contribution in [3.8, 4) is 0 Å². The second kappa shape index (κ2) is 5.61. The number of hydrogen-bond donors (Lipinski definition) is 1. The van der Waals surface area contributed by atoms with Crippen LogP contribution in [0.15, 0.2) is 21.2 Å². The first-order valence-electron chi connectivity index (χ1n) is 5.36. The third kappa shape index (κ3) is 2.93. The lowest BCUT2D eigenvalue weighted by atomic mass is 10.1. The van der Waals surface area contributed by atoms with Gasteiger partial charge in [-0.3, -0.25) is 4.79 Å². The van der Waals surface area contributed by atoms with Gasteiger partial charge in [0.15, 0.2) is 5.76 Å². The Morgan fingerprint density at radius 2 is 2.31 bits per heavy atom. The minimum atomic E-state index is -0.115. The molecule has 0 radical (unpaired) electrons. The lowest BCUT2D eigenvalue weighted by Crippen LogP contribution is -2.33. The van der Waals surface area contributed by atoms with Gasteiger partial charge in [0.1, 0.15) is 6.61 Å². The van der Waals surface area contributed by atoms with Crippen LogP contribution in [-0.2, 0) is 4.74 Å². The lowest BCUT2D eigenvalue weighted by molar-refractivity contribution is 0.0303. The highest BCUT2D eigenvalue weighted by atomic mass is 79.9. The average Bonchev–Trinajstić information content (AvgIpc) is 2.74. The molecule has 0 amide bonds. The van der Waals surface area contributed by atoms with Gasteiger partial charge in [0.25, 0.3) is 0 Å². The molecule has 88 valence electrons. The fourth-order valence-corrected chi connectivity index (χ4v) is 2.14. The minimum Gasteiger partial charge on any atom is -0.460 e. The molecular weight excluding hydrogens is 274 g/mol. The van der Waals surface area contributed by atoms with Gasteiger partial charge in [0, 0.05) is 0 Å². The molecular formula is C11H14BrNO3. The standard InChI is InChI=1S/C11H14BrNO3/c12-9-3-6-15-11(9)10(14)7-16-8-1-4-13-5-2-8/h3,6,8,13H,1-2,4-5,7H2. The third-order valence-electron chi connectivity index (χ3n) is 2.61. The Balaban J connectivity index is 1.81. The van der Waals surface area contributed by atoms with E-state index in [0.717, 1.165) is 25.9 Å². The molecule has 1 saturated heterocycles. The summed E-state index contributed by atoms with van der Waals surface area (Å²) in [7, 11) is 0. The molecule has 16 heavy (non-hydrogen) atoms. The maximum atomic E-state index is 11.7.